The van der Waals surface area contributed by atoms with Crippen molar-refractivity contribution < 1.29 is 14.0 Å². The number of carbonyl (C=O) groups excluding carboxylic acids is 2. The third kappa shape index (κ3) is 3.70. The van der Waals surface area contributed by atoms with Crippen LogP contribution >= 0.6 is 0 Å². The van der Waals surface area contributed by atoms with Crippen LogP contribution in [-0.2, 0) is 6.54 Å². The van der Waals surface area contributed by atoms with Gasteiger partial charge in [0.15, 0.2) is 0 Å². The predicted molar refractivity (Wildman–Crippen MR) is 118 cm³/mol. The quantitative estimate of drug-likeness (QED) is 0.690. The Labute approximate surface area is 184 Å². The molecule has 1 fully saturated rings. The zero-order chi connectivity index (χ0) is 22.2. The second-order valence-electron chi connectivity index (χ2n) is 8.42. The maximum absolute atomic E-state index is 13.2. The molecule has 7 heteroatoms. The van der Waals surface area contributed by atoms with E-state index in [9.17, 15) is 18.8 Å². The maximum Gasteiger partial charge on any atom is 0.274 e. The molecule has 162 valence electrons. The van der Waals surface area contributed by atoms with Crippen molar-refractivity contribution in [3.8, 4) is 0 Å². The van der Waals surface area contributed by atoms with Gasteiger partial charge in [0.1, 0.15) is 11.5 Å². The molecule has 6 nitrogen and oxygen atoms in total. The molecule has 2 aromatic carbocycles. The second-order valence-corrected chi connectivity index (χ2v) is 8.42. The van der Waals surface area contributed by atoms with E-state index in [0.29, 0.717) is 30.8 Å². The largest absolute Gasteiger partial charge is 0.338 e. The molecular weight excluding hydrogens is 409 g/mol. The van der Waals surface area contributed by atoms with Crippen LogP contribution < -0.4 is 10.9 Å². The highest BCUT2D eigenvalue weighted by atomic mass is 19.1. The zero-order valence-electron chi connectivity index (χ0n) is 17.3. The van der Waals surface area contributed by atoms with E-state index in [0.717, 1.165) is 12.1 Å². The number of hydrogen-bond acceptors (Lipinski definition) is 3. The van der Waals surface area contributed by atoms with Crippen LogP contribution in [0.3, 0.4) is 0 Å². The summed E-state index contributed by atoms with van der Waals surface area (Å²) < 4.78 is 14.9. The molecule has 1 aromatic heterocycles. The van der Waals surface area contributed by atoms with Crippen LogP contribution in [0.4, 0.5) is 10.1 Å². The number of likely N-dealkylation sites (tertiary alicyclic amines) is 1. The van der Waals surface area contributed by atoms with Crippen LogP contribution in [0.2, 0.25) is 0 Å². The maximum atomic E-state index is 13.2. The van der Waals surface area contributed by atoms with Gasteiger partial charge in [-0.05, 0) is 60.9 Å². The molecule has 5 rings (SSSR count). The van der Waals surface area contributed by atoms with Gasteiger partial charge in [0, 0.05) is 42.4 Å². The van der Waals surface area contributed by atoms with E-state index >= 15 is 0 Å². The summed E-state index contributed by atoms with van der Waals surface area (Å²) in [5.41, 5.74) is 1.85. The monoisotopic (exact) mass is 431 g/mol. The van der Waals surface area contributed by atoms with E-state index in [2.05, 4.69) is 5.32 Å². The van der Waals surface area contributed by atoms with Gasteiger partial charge in [-0.2, -0.15) is 0 Å². The van der Waals surface area contributed by atoms with Crippen molar-refractivity contribution >= 4 is 17.5 Å². The number of nitrogens with zero attached hydrogens (tertiary/aromatic N) is 2. The molecule has 2 atom stereocenters. The number of benzene rings is 2. The molecule has 2 aliphatic heterocycles. The van der Waals surface area contributed by atoms with Crippen LogP contribution in [0.1, 0.15) is 38.7 Å². The molecule has 0 saturated carbocycles. The molecule has 0 radical (unpaired) electrons. The Morgan fingerprint density at radius 3 is 2.38 bits per heavy atom. The van der Waals surface area contributed by atoms with E-state index in [-0.39, 0.29) is 40.7 Å². The first-order chi connectivity index (χ1) is 15.5. The summed E-state index contributed by atoms with van der Waals surface area (Å²) in [7, 11) is 0. The van der Waals surface area contributed by atoms with Crippen molar-refractivity contribution in [1.29, 1.82) is 0 Å². The fourth-order valence-electron chi connectivity index (χ4n) is 4.77. The third-order valence-electron chi connectivity index (χ3n) is 6.27. The molecule has 32 heavy (non-hydrogen) atoms. The summed E-state index contributed by atoms with van der Waals surface area (Å²) in [5, 5.41) is 2.73. The number of rotatable bonds is 3. The van der Waals surface area contributed by atoms with Gasteiger partial charge < -0.3 is 14.8 Å². The number of piperidine rings is 1. The summed E-state index contributed by atoms with van der Waals surface area (Å²) in [5.74, 6) is -0.639. The topological polar surface area (TPSA) is 71.4 Å². The van der Waals surface area contributed by atoms with Crippen molar-refractivity contribution in [2.75, 3.05) is 18.4 Å². The van der Waals surface area contributed by atoms with E-state index in [1.54, 1.807) is 39.8 Å². The van der Waals surface area contributed by atoms with Gasteiger partial charge in [0.25, 0.3) is 17.4 Å². The number of carbonyl (C=O) groups is 2. The highest BCUT2D eigenvalue weighted by Crippen LogP contribution is 2.36. The van der Waals surface area contributed by atoms with Crippen molar-refractivity contribution in [3.05, 3.63) is 99.7 Å². The van der Waals surface area contributed by atoms with E-state index in [4.69, 9.17) is 0 Å². The number of nitrogens with one attached hydrogen (secondary N) is 1. The average molecular weight is 431 g/mol. The zero-order valence-corrected chi connectivity index (χ0v) is 17.3. The minimum Gasteiger partial charge on any atom is -0.338 e. The number of anilines is 1. The van der Waals surface area contributed by atoms with E-state index in [1.807, 2.05) is 12.1 Å². The molecule has 3 heterocycles. The Morgan fingerprint density at radius 1 is 0.875 bits per heavy atom. The lowest BCUT2D eigenvalue weighted by Gasteiger charge is -2.43. The van der Waals surface area contributed by atoms with Gasteiger partial charge in [0.05, 0.1) is 0 Å². The van der Waals surface area contributed by atoms with Crippen molar-refractivity contribution in [3.63, 3.8) is 0 Å². The van der Waals surface area contributed by atoms with Crippen molar-refractivity contribution in [2.24, 2.45) is 5.92 Å². The van der Waals surface area contributed by atoms with E-state index < -0.39 is 0 Å². The number of pyridine rings is 1. The summed E-state index contributed by atoms with van der Waals surface area (Å²) in [6.45, 7) is 1.54. The molecule has 2 unspecified atom stereocenters. The third-order valence-corrected chi connectivity index (χ3v) is 6.27. The molecule has 2 amide bonds. The lowest BCUT2D eigenvalue weighted by atomic mass is 9.83. The number of fused-ring (bicyclic) bond motifs is 4. The second kappa shape index (κ2) is 8.07. The van der Waals surface area contributed by atoms with Crippen LogP contribution in [-0.4, -0.2) is 34.4 Å². The average Bonchev–Trinajstić information content (AvgIpc) is 2.81. The van der Waals surface area contributed by atoms with Gasteiger partial charge >= 0.3 is 0 Å². The first-order valence-electron chi connectivity index (χ1n) is 10.6. The first kappa shape index (κ1) is 20.2. The fraction of sp³-hybridized carbons (Fsp3) is 0.240. The van der Waals surface area contributed by atoms with Gasteiger partial charge in [-0.25, -0.2) is 4.39 Å². The van der Waals surface area contributed by atoms with Crippen LogP contribution in [0, 0.1) is 11.7 Å². The molecule has 3 aromatic rings. The SMILES string of the molecule is O=C(Nc1ccc2n(c1=O)CC1CC2CN(C(=O)c2ccc(F)cc2)C1)c1ccccc1. The lowest BCUT2D eigenvalue weighted by molar-refractivity contribution is 0.0594. The van der Waals surface area contributed by atoms with Gasteiger partial charge in [0.2, 0.25) is 0 Å². The Balaban J connectivity index is 1.37. The Kier molecular flexibility index (Phi) is 5.09. The molecule has 0 spiro atoms. The first-order valence-corrected chi connectivity index (χ1v) is 10.6. The molecule has 1 N–H and O–H groups in total. The lowest BCUT2D eigenvalue weighted by Crippen LogP contribution is -2.49. The van der Waals surface area contributed by atoms with E-state index in [1.165, 1.54) is 24.3 Å². The summed E-state index contributed by atoms with van der Waals surface area (Å²) in [6.07, 6.45) is 0.905. The van der Waals surface area contributed by atoms with Gasteiger partial charge in [-0.3, -0.25) is 14.4 Å². The standard InChI is InChI=1S/C25H22FN3O3/c26-20-8-6-18(7-9-20)24(31)28-13-16-12-19(15-28)22-11-10-21(25(32)29(22)14-16)27-23(30)17-4-2-1-3-5-17/h1-11,16,19H,12-15H2,(H,27,30). The Hall–Kier alpha value is -3.74. The summed E-state index contributed by atoms with van der Waals surface area (Å²) in [4.78, 5) is 40.3. The highest BCUT2D eigenvalue weighted by Gasteiger charge is 2.37. The normalized spacial score (nSPS) is 19.2. The minimum absolute atomic E-state index is 0.0403. The van der Waals surface area contributed by atoms with Crippen LogP contribution in [0.25, 0.3) is 0 Å². The Morgan fingerprint density at radius 2 is 1.62 bits per heavy atom. The number of halogens is 1. The molecule has 1 saturated heterocycles. The number of aromatic nitrogens is 1. The number of hydrogen-bond donors (Lipinski definition) is 1. The predicted octanol–water partition coefficient (Wildman–Crippen LogP) is 3.50. The summed E-state index contributed by atoms with van der Waals surface area (Å²) >= 11 is 0. The molecular formula is C25H22FN3O3. The fourth-order valence-corrected chi connectivity index (χ4v) is 4.77. The minimum atomic E-state index is -0.375. The Bertz CT molecular complexity index is 1240. The van der Waals surface area contributed by atoms with Crippen LogP contribution in [0.15, 0.2) is 71.5 Å². The highest BCUT2D eigenvalue weighted by molar-refractivity contribution is 6.04. The molecule has 2 bridgehead atoms. The summed E-state index contributed by atoms with van der Waals surface area (Å²) in [6, 6.07) is 17.9. The van der Waals surface area contributed by atoms with Crippen LogP contribution in [0.5, 0.6) is 0 Å². The van der Waals surface area contributed by atoms with Gasteiger partial charge in [-0.1, -0.05) is 18.2 Å². The molecule has 2 aliphatic rings. The van der Waals surface area contributed by atoms with Gasteiger partial charge in [-0.15, -0.1) is 0 Å². The molecule has 0 aliphatic carbocycles. The van der Waals surface area contributed by atoms with Crippen molar-refractivity contribution in [2.45, 2.75) is 18.9 Å². The van der Waals surface area contributed by atoms with Crippen molar-refractivity contribution in [1.82, 2.24) is 9.47 Å². The smallest absolute Gasteiger partial charge is 0.274 e. The number of amides is 2.